The third kappa shape index (κ3) is 6.12. The molecule has 0 spiro atoms. The number of carboxylic acid groups (broad SMARTS) is 3. The summed E-state index contributed by atoms with van der Waals surface area (Å²) in [5.74, 6) is -3.59. The average molecular weight is 469 g/mol. The van der Waals surface area contributed by atoms with E-state index in [1.54, 1.807) is 0 Å². The van der Waals surface area contributed by atoms with Crippen molar-refractivity contribution in [2.24, 2.45) is 0 Å². The number of nitrogens with one attached hydrogen (secondary N) is 1. The van der Waals surface area contributed by atoms with Crippen molar-refractivity contribution in [3.8, 4) is 11.1 Å². The molecular weight excluding hydrogens is 442 g/mol. The van der Waals surface area contributed by atoms with Crippen LogP contribution in [0, 0.1) is 0 Å². The van der Waals surface area contributed by atoms with Gasteiger partial charge in [-0.2, -0.15) is 0 Å². The largest absolute Gasteiger partial charge is 0.481 e. The molecule has 0 bridgehead atoms. The molecule has 2 aromatic carbocycles. The molecule has 2 aromatic rings. The van der Waals surface area contributed by atoms with Gasteiger partial charge in [-0.15, -0.1) is 0 Å². The molecule has 34 heavy (non-hydrogen) atoms. The van der Waals surface area contributed by atoms with Crippen molar-refractivity contribution < 1.29 is 39.2 Å². The lowest BCUT2D eigenvalue weighted by molar-refractivity contribution is -0.137. The Balaban J connectivity index is 1.76. The van der Waals surface area contributed by atoms with Gasteiger partial charge in [0.15, 0.2) is 0 Å². The number of carboxylic acids is 3. The van der Waals surface area contributed by atoms with E-state index in [1.165, 1.54) is 0 Å². The zero-order valence-corrected chi connectivity index (χ0v) is 18.5. The van der Waals surface area contributed by atoms with Gasteiger partial charge in [0.05, 0.1) is 0 Å². The summed E-state index contributed by atoms with van der Waals surface area (Å²) in [6, 6.07) is 15.6. The fourth-order valence-electron chi connectivity index (χ4n) is 4.45. The van der Waals surface area contributed by atoms with E-state index in [4.69, 9.17) is 20.1 Å². The molecule has 0 aromatic heterocycles. The summed E-state index contributed by atoms with van der Waals surface area (Å²) in [6.45, 7) is 0.0206. The Hall–Kier alpha value is -3.88. The van der Waals surface area contributed by atoms with E-state index in [2.05, 4.69) is 5.32 Å². The van der Waals surface area contributed by atoms with Gasteiger partial charge in [-0.3, -0.25) is 14.4 Å². The first-order valence-corrected chi connectivity index (χ1v) is 11.0. The average Bonchev–Trinajstić information content (AvgIpc) is 3.12. The summed E-state index contributed by atoms with van der Waals surface area (Å²) in [4.78, 5) is 46.3. The lowest BCUT2D eigenvalue weighted by Gasteiger charge is -2.34. The van der Waals surface area contributed by atoms with E-state index in [9.17, 15) is 19.2 Å². The molecule has 0 radical (unpaired) electrons. The highest BCUT2D eigenvalue weighted by molar-refractivity contribution is 5.79. The van der Waals surface area contributed by atoms with E-state index in [0.717, 1.165) is 22.3 Å². The summed E-state index contributed by atoms with van der Waals surface area (Å²) in [5.41, 5.74) is 2.82. The molecule has 3 rings (SSSR count). The Bertz CT molecular complexity index is 989. The standard InChI is InChI=1S/C25H27NO8/c27-21(28)9-12-25(13-10-22(29)30,14-11-23(31)32)26-24(33)34-15-20-18-7-3-1-5-16(18)17-6-2-4-8-19(17)20/h1-8,20H,9-15H2,(H,26,33)(H,27,28)(H,29,30)(H,31,32). The fourth-order valence-corrected chi connectivity index (χ4v) is 4.45. The second-order valence-corrected chi connectivity index (χ2v) is 8.41. The van der Waals surface area contributed by atoms with Gasteiger partial charge in [0.2, 0.25) is 0 Å². The maximum Gasteiger partial charge on any atom is 0.407 e. The topological polar surface area (TPSA) is 150 Å². The number of alkyl carbamates (subject to hydrolysis) is 1. The monoisotopic (exact) mass is 469 g/mol. The third-order valence-electron chi connectivity index (χ3n) is 6.16. The molecule has 9 nitrogen and oxygen atoms in total. The number of fused-ring (bicyclic) bond motifs is 3. The number of hydrogen-bond donors (Lipinski definition) is 4. The molecule has 0 heterocycles. The van der Waals surface area contributed by atoms with Crippen LogP contribution >= 0.6 is 0 Å². The number of amides is 1. The Morgan fingerprint density at radius 3 is 1.56 bits per heavy atom. The Kier molecular flexibility index (Phi) is 7.88. The van der Waals surface area contributed by atoms with E-state index in [0.29, 0.717) is 0 Å². The zero-order valence-electron chi connectivity index (χ0n) is 18.5. The quantitative estimate of drug-likeness (QED) is 0.366. The summed E-state index contributed by atoms with van der Waals surface area (Å²) in [5, 5.41) is 30.0. The molecule has 0 saturated heterocycles. The highest BCUT2D eigenvalue weighted by Gasteiger charge is 2.35. The predicted molar refractivity (Wildman–Crippen MR) is 122 cm³/mol. The van der Waals surface area contributed by atoms with Crippen LogP contribution in [0.3, 0.4) is 0 Å². The van der Waals surface area contributed by atoms with Gasteiger partial charge >= 0.3 is 24.0 Å². The molecule has 1 aliphatic carbocycles. The molecule has 0 saturated carbocycles. The second-order valence-electron chi connectivity index (χ2n) is 8.41. The van der Waals surface area contributed by atoms with Crippen LogP contribution in [0.1, 0.15) is 55.6 Å². The van der Waals surface area contributed by atoms with Crippen LogP contribution in [-0.2, 0) is 19.1 Å². The minimum absolute atomic E-state index is 0.0206. The number of aliphatic carboxylic acids is 3. The number of carbonyl (C=O) groups excluding carboxylic acids is 1. The summed E-state index contributed by atoms with van der Waals surface area (Å²) >= 11 is 0. The van der Waals surface area contributed by atoms with E-state index in [1.807, 2.05) is 48.5 Å². The Morgan fingerprint density at radius 1 is 0.735 bits per heavy atom. The Labute approximate surface area is 196 Å². The summed E-state index contributed by atoms with van der Waals surface area (Å²) < 4.78 is 5.52. The lowest BCUT2D eigenvalue weighted by Crippen LogP contribution is -2.50. The van der Waals surface area contributed by atoms with E-state index < -0.39 is 29.5 Å². The minimum Gasteiger partial charge on any atom is -0.481 e. The second kappa shape index (κ2) is 10.8. The molecule has 1 aliphatic rings. The molecular formula is C25H27NO8. The van der Waals surface area contributed by atoms with Crippen molar-refractivity contribution in [1.82, 2.24) is 5.32 Å². The SMILES string of the molecule is O=C(O)CCC(CCC(=O)O)(CCC(=O)O)NC(=O)OCC1c2ccccc2-c2ccccc21. The lowest BCUT2D eigenvalue weighted by atomic mass is 9.83. The zero-order chi connectivity index (χ0) is 24.7. The van der Waals surface area contributed by atoms with Gasteiger partial charge < -0.3 is 25.4 Å². The highest BCUT2D eigenvalue weighted by atomic mass is 16.5. The van der Waals surface area contributed by atoms with Crippen molar-refractivity contribution in [3.05, 3.63) is 59.7 Å². The van der Waals surface area contributed by atoms with Crippen LogP contribution in [0.25, 0.3) is 11.1 Å². The first-order valence-electron chi connectivity index (χ1n) is 11.0. The van der Waals surface area contributed by atoms with Crippen LogP contribution in [0.15, 0.2) is 48.5 Å². The van der Waals surface area contributed by atoms with Crippen molar-refractivity contribution in [3.63, 3.8) is 0 Å². The summed E-state index contributed by atoms with van der Waals surface area (Å²) in [7, 11) is 0. The number of benzene rings is 2. The van der Waals surface area contributed by atoms with Crippen LogP contribution in [0.2, 0.25) is 0 Å². The van der Waals surface area contributed by atoms with Crippen molar-refractivity contribution in [1.29, 1.82) is 0 Å². The van der Waals surface area contributed by atoms with Crippen LogP contribution in [0.5, 0.6) is 0 Å². The van der Waals surface area contributed by atoms with Crippen molar-refractivity contribution >= 4 is 24.0 Å². The van der Waals surface area contributed by atoms with Gasteiger partial charge in [-0.05, 0) is 41.5 Å². The maximum absolute atomic E-state index is 12.8. The maximum atomic E-state index is 12.8. The van der Waals surface area contributed by atoms with Gasteiger partial charge in [0.25, 0.3) is 0 Å². The van der Waals surface area contributed by atoms with Crippen LogP contribution < -0.4 is 5.32 Å². The molecule has 180 valence electrons. The van der Waals surface area contributed by atoms with Gasteiger partial charge in [0.1, 0.15) is 6.61 Å². The molecule has 0 fully saturated rings. The van der Waals surface area contributed by atoms with Gasteiger partial charge in [-0.25, -0.2) is 4.79 Å². The van der Waals surface area contributed by atoms with Gasteiger partial charge in [-0.1, -0.05) is 48.5 Å². The molecule has 0 unspecified atom stereocenters. The molecule has 4 N–H and O–H groups in total. The number of carbonyl (C=O) groups is 4. The highest BCUT2D eigenvalue weighted by Crippen LogP contribution is 2.44. The fraction of sp³-hybridized carbons (Fsp3) is 0.360. The minimum atomic E-state index is -1.34. The number of rotatable bonds is 12. The first-order chi connectivity index (χ1) is 16.2. The summed E-state index contributed by atoms with van der Waals surface area (Å²) in [6.07, 6.45) is -2.27. The molecule has 9 heteroatoms. The molecule has 1 amide bonds. The number of ether oxygens (including phenoxy) is 1. The van der Waals surface area contributed by atoms with Crippen molar-refractivity contribution in [2.75, 3.05) is 6.61 Å². The number of hydrogen-bond acceptors (Lipinski definition) is 5. The van der Waals surface area contributed by atoms with Crippen LogP contribution in [0.4, 0.5) is 4.79 Å². The van der Waals surface area contributed by atoms with E-state index in [-0.39, 0.29) is 51.0 Å². The first kappa shape index (κ1) is 24.8. The van der Waals surface area contributed by atoms with E-state index >= 15 is 0 Å². The Morgan fingerprint density at radius 2 is 1.15 bits per heavy atom. The predicted octanol–water partition coefficient (Wildman–Crippen LogP) is 3.86. The van der Waals surface area contributed by atoms with Crippen LogP contribution in [-0.4, -0.2) is 51.5 Å². The normalized spacial score (nSPS) is 12.5. The third-order valence-corrected chi connectivity index (χ3v) is 6.16. The van der Waals surface area contributed by atoms with Crippen molar-refractivity contribution in [2.45, 2.75) is 50.0 Å². The smallest absolute Gasteiger partial charge is 0.407 e. The molecule has 0 aliphatic heterocycles. The van der Waals surface area contributed by atoms with Gasteiger partial charge in [0, 0.05) is 30.7 Å². The molecule has 0 atom stereocenters.